The Kier molecular flexibility index (Phi) is 8.83. The molecular formula is C38H58O10. The maximum atomic E-state index is 13.2. The number of rotatable bonds is 9. The smallest absolute Gasteiger partial charge is 0.303 e. The van der Waals surface area contributed by atoms with Crippen LogP contribution in [0.4, 0.5) is 0 Å². The van der Waals surface area contributed by atoms with Gasteiger partial charge in [-0.2, -0.15) is 0 Å². The second kappa shape index (κ2) is 11.5. The average molecular weight is 675 g/mol. The molecule has 0 aromatic heterocycles. The molecule has 0 unspecified atom stereocenters. The van der Waals surface area contributed by atoms with Gasteiger partial charge in [0.15, 0.2) is 6.10 Å². The van der Waals surface area contributed by atoms with Gasteiger partial charge in [0.2, 0.25) is 0 Å². The lowest BCUT2D eigenvalue weighted by Gasteiger charge is -2.69. The molecule has 5 fully saturated rings. The van der Waals surface area contributed by atoms with Crippen molar-refractivity contribution in [1.82, 2.24) is 0 Å². The van der Waals surface area contributed by atoms with Crippen LogP contribution >= 0.6 is 0 Å². The Morgan fingerprint density at radius 2 is 1.50 bits per heavy atom. The van der Waals surface area contributed by atoms with Crippen molar-refractivity contribution in [3.05, 3.63) is 0 Å². The number of carbonyl (C=O) groups is 5. The fraction of sp³-hybridized carbons (Fsp3) is 0.868. The number of esters is 4. The van der Waals surface area contributed by atoms with Crippen LogP contribution in [0.25, 0.3) is 0 Å². The van der Waals surface area contributed by atoms with Gasteiger partial charge in [0, 0.05) is 57.3 Å². The third kappa shape index (κ3) is 5.15. The summed E-state index contributed by atoms with van der Waals surface area (Å²) in [4.78, 5) is 62.8. The first-order chi connectivity index (χ1) is 21.9. The molecular weight excluding hydrogens is 616 g/mol. The van der Waals surface area contributed by atoms with Crippen molar-refractivity contribution in [1.29, 1.82) is 0 Å². The van der Waals surface area contributed by atoms with Crippen molar-refractivity contribution in [2.45, 2.75) is 170 Å². The number of hydrogen-bond donors (Lipinski definition) is 0. The molecule has 5 rings (SSSR count). The van der Waals surface area contributed by atoms with E-state index in [4.69, 9.17) is 23.7 Å². The van der Waals surface area contributed by atoms with E-state index in [-0.39, 0.29) is 46.1 Å². The van der Waals surface area contributed by atoms with Gasteiger partial charge in [-0.25, -0.2) is 0 Å². The number of fused-ring (bicyclic) bond motifs is 4. The monoisotopic (exact) mass is 674 g/mol. The first kappa shape index (κ1) is 36.8. The fourth-order valence-corrected chi connectivity index (χ4v) is 12.4. The number of ketones is 1. The van der Waals surface area contributed by atoms with Crippen LogP contribution in [0.5, 0.6) is 0 Å². The van der Waals surface area contributed by atoms with Crippen LogP contribution in [0.15, 0.2) is 0 Å². The van der Waals surface area contributed by atoms with Gasteiger partial charge in [0.05, 0.1) is 0 Å². The van der Waals surface area contributed by atoms with Crippen molar-refractivity contribution < 1.29 is 47.7 Å². The molecule has 10 heteroatoms. The van der Waals surface area contributed by atoms with E-state index >= 15 is 0 Å². The van der Waals surface area contributed by atoms with Crippen LogP contribution in [0.3, 0.4) is 0 Å². The van der Waals surface area contributed by atoms with Crippen LogP contribution in [-0.2, 0) is 47.7 Å². The summed E-state index contributed by atoms with van der Waals surface area (Å²) in [5.74, 6) is -1.58. The summed E-state index contributed by atoms with van der Waals surface area (Å²) in [6.07, 6.45) is 3.34. The summed E-state index contributed by atoms with van der Waals surface area (Å²) in [6.45, 7) is 22.0. The minimum atomic E-state index is -1.28. The molecule has 1 saturated heterocycles. The minimum Gasteiger partial charge on any atom is -0.462 e. The molecule has 4 saturated carbocycles. The fourth-order valence-electron chi connectivity index (χ4n) is 12.4. The minimum absolute atomic E-state index is 0.0534. The molecule has 10 nitrogen and oxygen atoms in total. The Hall–Kier alpha value is -2.49. The van der Waals surface area contributed by atoms with Gasteiger partial charge in [-0.3, -0.25) is 24.0 Å². The summed E-state index contributed by atoms with van der Waals surface area (Å²) in [5, 5.41) is 0. The van der Waals surface area contributed by atoms with Crippen LogP contribution in [-0.4, -0.2) is 64.8 Å². The maximum Gasteiger partial charge on any atom is 0.303 e. The Bertz CT molecular complexity index is 1380. The highest BCUT2D eigenvalue weighted by molar-refractivity contribution is 5.85. The number of carbonyl (C=O) groups excluding carboxylic acids is 5. The lowest BCUT2D eigenvalue weighted by molar-refractivity contribution is -0.248. The molecule has 1 spiro atoms. The van der Waals surface area contributed by atoms with E-state index < -0.39 is 52.3 Å². The van der Waals surface area contributed by atoms with Gasteiger partial charge in [-0.05, 0) is 75.0 Å². The van der Waals surface area contributed by atoms with Crippen molar-refractivity contribution >= 4 is 29.7 Å². The summed E-state index contributed by atoms with van der Waals surface area (Å²) in [6, 6.07) is 0. The third-order valence-electron chi connectivity index (χ3n) is 14.4. The number of ether oxygens (including phenoxy) is 5. The second-order valence-electron chi connectivity index (χ2n) is 17.7. The Morgan fingerprint density at radius 3 is 2.06 bits per heavy atom. The highest BCUT2D eigenvalue weighted by Gasteiger charge is 2.89. The topological polar surface area (TPSA) is 135 Å². The summed E-state index contributed by atoms with van der Waals surface area (Å²) in [5.41, 5.74) is -3.58. The Morgan fingerprint density at radius 1 is 0.875 bits per heavy atom. The molecule has 0 N–H and O–H groups in total. The summed E-state index contributed by atoms with van der Waals surface area (Å²) in [7, 11) is 0. The van der Waals surface area contributed by atoms with Gasteiger partial charge >= 0.3 is 23.9 Å². The molecule has 1 heterocycles. The third-order valence-corrected chi connectivity index (χ3v) is 14.4. The second-order valence-corrected chi connectivity index (χ2v) is 17.7. The van der Waals surface area contributed by atoms with Crippen molar-refractivity contribution in [2.24, 2.45) is 39.4 Å². The predicted octanol–water partition coefficient (Wildman–Crippen LogP) is 6.29. The van der Waals surface area contributed by atoms with E-state index in [9.17, 15) is 24.0 Å². The SMILES string of the molecule is CC(=O)O[C@@H](C[C@@H](C)[C@]12CC[C@@]3(C)[C@@]1(C[C@H](OC(C)=O)[C@H]1[C@@]4(C)CCC(=O)C(C)(C)[C@@H]4CC[C@@]13C)O2)[C@@H](OC(C)=O)C(C)(C)OC(C)=O. The zero-order chi connectivity index (χ0) is 36.0. The van der Waals surface area contributed by atoms with Crippen LogP contribution < -0.4 is 0 Å². The van der Waals surface area contributed by atoms with Gasteiger partial charge < -0.3 is 23.7 Å². The van der Waals surface area contributed by atoms with Gasteiger partial charge in [-0.1, -0.05) is 41.5 Å². The van der Waals surface area contributed by atoms with E-state index in [2.05, 4.69) is 41.5 Å². The molecule has 0 aromatic carbocycles. The van der Waals surface area contributed by atoms with Crippen molar-refractivity contribution in [3.8, 4) is 0 Å². The molecule has 0 radical (unpaired) electrons. The molecule has 0 aromatic rings. The van der Waals surface area contributed by atoms with E-state index in [0.29, 0.717) is 25.0 Å². The predicted molar refractivity (Wildman–Crippen MR) is 175 cm³/mol. The Balaban J connectivity index is 1.53. The highest BCUT2D eigenvalue weighted by atomic mass is 16.6. The quantitative estimate of drug-likeness (QED) is 0.156. The van der Waals surface area contributed by atoms with Gasteiger partial charge in [0.1, 0.15) is 34.8 Å². The molecule has 1 aliphatic heterocycles. The normalized spacial score (nSPS) is 41.2. The number of Topliss-reactive ketones (excluding diaryl/α,β-unsaturated/α-hetero) is 1. The van der Waals surface area contributed by atoms with Gasteiger partial charge in [0.25, 0.3) is 0 Å². The standard InChI is InChI=1S/C38H58O10/c1-21(19-26(44-22(2)39)31(46-24(4)41)33(8,9)47-25(5)42)37-18-17-36(12)35(11)16-13-28-32(6,7)29(43)14-15-34(28,10)30(35)27(45-23(3)40)20-38(36,37)48-37/h21,26-28,30-31H,13-20H2,1-12H3/t21-,26+,27+,28+,30+,31-,34+,35+,36-,37-,38-/m1/s1. The molecule has 4 aliphatic carbocycles. The van der Waals surface area contributed by atoms with Gasteiger partial charge in [-0.15, -0.1) is 0 Å². The average Bonchev–Trinajstić information content (AvgIpc) is 3.51. The van der Waals surface area contributed by atoms with Crippen LogP contribution in [0.2, 0.25) is 0 Å². The van der Waals surface area contributed by atoms with Crippen molar-refractivity contribution in [2.75, 3.05) is 0 Å². The zero-order valence-corrected chi connectivity index (χ0v) is 31.2. The van der Waals surface area contributed by atoms with E-state index in [1.807, 2.05) is 0 Å². The number of epoxide rings is 1. The molecule has 48 heavy (non-hydrogen) atoms. The molecule has 5 aliphatic rings. The van der Waals surface area contributed by atoms with E-state index in [1.54, 1.807) is 13.8 Å². The lowest BCUT2D eigenvalue weighted by atomic mass is 9.34. The maximum absolute atomic E-state index is 13.2. The van der Waals surface area contributed by atoms with E-state index in [1.165, 1.54) is 27.7 Å². The molecule has 270 valence electrons. The largest absolute Gasteiger partial charge is 0.462 e. The molecule has 0 amide bonds. The van der Waals surface area contributed by atoms with Crippen molar-refractivity contribution in [3.63, 3.8) is 0 Å². The van der Waals surface area contributed by atoms with Crippen LogP contribution in [0, 0.1) is 39.4 Å². The van der Waals surface area contributed by atoms with Crippen LogP contribution in [0.1, 0.15) is 134 Å². The summed E-state index contributed by atoms with van der Waals surface area (Å²) < 4.78 is 30.6. The summed E-state index contributed by atoms with van der Waals surface area (Å²) >= 11 is 0. The molecule has 0 bridgehead atoms. The number of hydrogen-bond acceptors (Lipinski definition) is 10. The molecule has 11 atom stereocenters. The highest BCUT2D eigenvalue weighted by Crippen LogP contribution is 2.84. The lowest BCUT2D eigenvalue weighted by Crippen LogP contribution is -2.69. The Labute approximate surface area is 286 Å². The first-order valence-electron chi connectivity index (χ1n) is 17.9. The zero-order valence-electron chi connectivity index (χ0n) is 31.2. The first-order valence-corrected chi connectivity index (χ1v) is 17.9. The van der Waals surface area contributed by atoms with E-state index in [0.717, 1.165) is 32.1 Å².